The normalized spacial score (nSPS) is 19.8. The molecule has 2 aromatic carbocycles. The molecule has 8 nitrogen and oxygen atoms in total. The average molecular weight is 617 g/mol. The second kappa shape index (κ2) is 12.0. The van der Waals surface area contributed by atoms with E-state index in [4.69, 9.17) is 0 Å². The minimum Gasteiger partial charge on any atom is -0.468 e. The van der Waals surface area contributed by atoms with E-state index >= 15 is 0 Å². The Labute approximate surface area is 239 Å². The summed E-state index contributed by atoms with van der Waals surface area (Å²) in [6.07, 6.45) is -3.20. The molecule has 0 bridgehead atoms. The van der Waals surface area contributed by atoms with Crippen molar-refractivity contribution in [3.8, 4) is 0 Å². The van der Waals surface area contributed by atoms with E-state index in [-0.39, 0.29) is 41.3 Å². The Balaban J connectivity index is 1.60. The lowest BCUT2D eigenvalue weighted by atomic mass is 9.98. The molecular weight excluding hydrogens is 587 g/mol. The number of esters is 1. The number of carbonyl (C=O) groups is 3. The van der Waals surface area contributed by atoms with Crippen LogP contribution in [-0.2, 0) is 30.3 Å². The summed E-state index contributed by atoms with van der Waals surface area (Å²) in [5, 5.41) is 2.64. The van der Waals surface area contributed by atoms with Crippen LogP contribution >= 0.6 is 0 Å². The van der Waals surface area contributed by atoms with Crippen LogP contribution in [0.5, 0.6) is 0 Å². The van der Waals surface area contributed by atoms with Gasteiger partial charge in [-0.25, -0.2) is 17.2 Å². The summed E-state index contributed by atoms with van der Waals surface area (Å²) in [7, 11) is -3.09. The Morgan fingerprint density at radius 2 is 1.79 bits per heavy atom. The number of benzene rings is 2. The third-order valence-electron chi connectivity index (χ3n) is 7.62. The Hall–Kier alpha value is -3.55. The predicted octanol–water partition coefficient (Wildman–Crippen LogP) is 4.44. The van der Waals surface area contributed by atoms with Crippen molar-refractivity contribution in [1.82, 2.24) is 10.2 Å². The van der Waals surface area contributed by atoms with Gasteiger partial charge >= 0.3 is 12.1 Å². The van der Waals surface area contributed by atoms with Gasteiger partial charge in [0.2, 0.25) is 5.91 Å². The molecule has 42 heavy (non-hydrogen) atoms. The molecule has 0 aromatic heterocycles. The second-order valence-corrected chi connectivity index (χ2v) is 12.5. The van der Waals surface area contributed by atoms with E-state index < -0.39 is 74.4 Å². The molecule has 0 spiro atoms. The van der Waals surface area contributed by atoms with E-state index in [0.29, 0.717) is 25.3 Å². The lowest BCUT2D eigenvalue weighted by Gasteiger charge is -2.27. The highest BCUT2D eigenvalue weighted by molar-refractivity contribution is 7.92. The minimum absolute atomic E-state index is 0.0508. The van der Waals surface area contributed by atoms with Crippen LogP contribution < -0.4 is 5.32 Å². The van der Waals surface area contributed by atoms with E-state index in [0.717, 1.165) is 13.2 Å². The van der Waals surface area contributed by atoms with Gasteiger partial charge in [-0.15, -0.1) is 0 Å². The van der Waals surface area contributed by atoms with E-state index in [2.05, 4.69) is 10.1 Å². The van der Waals surface area contributed by atoms with Crippen molar-refractivity contribution in [2.45, 2.75) is 55.8 Å². The Morgan fingerprint density at radius 3 is 2.38 bits per heavy atom. The van der Waals surface area contributed by atoms with Gasteiger partial charge in [0.25, 0.3) is 5.91 Å². The lowest BCUT2D eigenvalue weighted by molar-refractivity contribution is -0.140. The van der Waals surface area contributed by atoms with Crippen molar-refractivity contribution >= 4 is 27.6 Å². The number of nitrogens with one attached hydrogen (secondary N) is 1. The van der Waals surface area contributed by atoms with Gasteiger partial charge < -0.3 is 15.0 Å². The lowest BCUT2D eigenvalue weighted by Crippen LogP contribution is -2.47. The molecular formula is C28H29F5N2O6S. The molecule has 2 fully saturated rings. The maximum Gasteiger partial charge on any atom is 0.419 e. The first kappa shape index (κ1) is 31.4. The number of likely N-dealkylation sites (tertiary alicyclic amines) is 1. The first-order valence-corrected chi connectivity index (χ1v) is 14.9. The third kappa shape index (κ3) is 6.74. The molecule has 1 aliphatic carbocycles. The predicted molar refractivity (Wildman–Crippen MR) is 139 cm³/mol. The van der Waals surface area contributed by atoms with Gasteiger partial charge in [-0.05, 0) is 61.4 Å². The van der Waals surface area contributed by atoms with Gasteiger partial charge in [0, 0.05) is 17.7 Å². The molecule has 1 aliphatic heterocycles. The molecule has 1 saturated heterocycles. The fourth-order valence-corrected chi connectivity index (χ4v) is 6.31. The second-order valence-electron chi connectivity index (χ2n) is 10.5. The third-order valence-corrected chi connectivity index (χ3v) is 9.21. The Bertz CT molecular complexity index is 1490. The molecule has 2 aliphatic rings. The fourth-order valence-electron chi connectivity index (χ4n) is 5.12. The quantitative estimate of drug-likeness (QED) is 0.330. The molecule has 0 radical (unpaired) electrons. The number of carbonyl (C=O) groups excluding carboxylic acids is 3. The zero-order valence-electron chi connectivity index (χ0n) is 22.7. The Morgan fingerprint density at radius 1 is 1.10 bits per heavy atom. The number of halogens is 5. The van der Waals surface area contributed by atoms with Crippen LogP contribution in [-0.4, -0.2) is 56.6 Å². The van der Waals surface area contributed by atoms with Gasteiger partial charge in [0.15, 0.2) is 15.6 Å². The summed E-state index contributed by atoms with van der Waals surface area (Å²) in [6.45, 7) is 2.02. The van der Waals surface area contributed by atoms with Crippen molar-refractivity contribution in [2.75, 3.05) is 19.4 Å². The van der Waals surface area contributed by atoms with Gasteiger partial charge in [-0.1, -0.05) is 19.4 Å². The maximum atomic E-state index is 14.8. The van der Waals surface area contributed by atoms with E-state index in [9.17, 15) is 44.8 Å². The van der Waals surface area contributed by atoms with Crippen molar-refractivity contribution < 1.29 is 49.5 Å². The SMILES string of the molecule is CC[C@@H]1C[C@H](C(=O)NC(c2cc(F)c(C(F)(F)F)cc2F)C2CC2)N(C(=O)c2cccc(S(=O)(=O)CC(=O)OC)c2)C1. The van der Waals surface area contributed by atoms with Crippen LogP contribution in [0.3, 0.4) is 0 Å². The molecule has 3 atom stereocenters. The molecule has 2 aromatic rings. The molecule has 1 unspecified atom stereocenters. The van der Waals surface area contributed by atoms with E-state index in [1.807, 2.05) is 6.92 Å². The highest BCUT2D eigenvalue weighted by Crippen LogP contribution is 2.43. The number of amides is 2. The van der Waals surface area contributed by atoms with Crippen LogP contribution in [0.2, 0.25) is 0 Å². The smallest absolute Gasteiger partial charge is 0.419 e. The zero-order chi connectivity index (χ0) is 31.0. The standard InChI is InChI=1S/C28H29F5N2O6S/c1-3-15-9-23(35(13-15)27(38)17-5-4-6-18(10-17)42(39,40)14-24(36)41-2)26(37)34-25(16-7-8-16)19-11-22(30)20(12-21(19)29)28(31,32)33/h4-6,10-12,15-16,23,25H,3,7-9,13-14H2,1-2H3,(H,34,37)/t15-,23-,25?/m1/s1. The monoisotopic (exact) mass is 616 g/mol. The van der Waals surface area contributed by atoms with E-state index in [1.165, 1.54) is 23.1 Å². The number of ether oxygens (including phenoxy) is 1. The average Bonchev–Trinajstić information content (AvgIpc) is 3.68. The molecule has 1 N–H and O–H groups in total. The number of hydrogen-bond acceptors (Lipinski definition) is 6. The molecule has 1 saturated carbocycles. The number of hydrogen-bond donors (Lipinski definition) is 1. The van der Waals surface area contributed by atoms with Crippen molar-refractivity contribution in [1.29, 1.82) is 0 Å². The van der Waals surface area contributed by atoms with Crippen LogP contribution in [0, 0.1) is 23.5 Å². The first-order chi connectivity index (χ1) is 19.7. The van der Waals surface area contributed by atoms with E-state index in [1.54, 1.807) is 0 Å². The number of rotatable bonds is 9. The summed E-state index contributed by atoms with van der Waals surface area (Å²) in [5.41, 5.74) is -2.22. The summed E-state index contributed by atoms with van der Waals surface area (Å²) >= 11 is 0. The number of alkyl halides is 3. The van der Waals surface area contributed by atoms with Crippen LogP contribution in [0.1, 0.15) is 60.1 Å². The molecule has 2 amide bonds. The first-order valence-electron chi connectivity index (χ1n) is 13.2. The molecule has 4 rings (SSSR count). The van der Waals surface area contributed by atoms with Crippen LogP contribution in [0.4, 0.5) is 22.0 Å². The maximum absolute atomic E-state index is 14.8. The molecule has 1 heterocycles. The minimum atomic E-state index is -5.10. The summed E-state index contributed by atoms with van der Waals surface area (Å²) in [5.74, 6) is -6.66. The van der Waals surface area contributed by atoms with Crippen molar-refractivity contribution in [2.24, 2.45) is 11.8 Å². The molecule has 14 heteroatoms. The highest BCUT2D eigenvalue weighted by Gasteiger charge is 2.43. The van der Waals surface area contributed by atoms with Gasteiger partial charge in [0.05, 0.1) is 23.6 Å². The van der Waals surface area contributed by atoms with Gasteiger partial charge in [0.1, 0.15) is 17.7 Å². The summed E-state index contributed by atoms with van der Waals surface area (Å²) in [6, 6.07) is 3.37. The number of sulfone groups is 1. The zero-order valence-corrected chi connectivity index (χ0v) is 23.5. The van der Waals surface area contributed by atoms with Crippen LogP contribution in [0.15, 0.2) is 41.3 Å². The Kier molecular flexibility index (Phi) is 8.95. The van der Waals surface area contributed by atoms with Crippen molar-refractivity contribution in [3.05, 3.63) is 64.7 Å². The fraction of sp³-hybridized carbons (Fsp3) is 0.464. The van der Waals surface area contributed by atoms with Gasteiger partial charge in [-0.2, -0.15) is 13.2 Å². The summed E-state index contributed by atoms with van der Waals surface area (Å²) < 4.78 is 98.0. The number of nitrogens with zero attached hydrogens (tertiary/aromatic N) is 1. The topological polar surface area (TPSA) is 110 Å². The molecule has 228 valence electrons. The summed E-state index contributed by atoms with van der Waals surface area (Å²) in [4.78, 5) is 39.6. The van der Waals surface area contributed by atoms with Gasteiger partial charge in [-0.3, -0.25) is 14.4 Å². The largest absolute Gasteiger partial charge is 0.468 e. The van der Waals surface area contributed by atoms with Crippen molar-refractivity contribution in [3.63, 3.8) is 0 Å². The number of methoxy groups -OCH3 is 1. The van der Waals surface area contributed by atoms with Crippen LogP contribution in [0.25, 0.3) is 0 Å². The highest BCUT2D eigenvalue weighted by atomic mass is 32.2.